The molecule has 0 N–H and O–H groups in total. The lowest BCUT2D eigenvalue weighted by atomic mass is 10.1. The number of aryl methyl sites for hydroxylation is 2. The van der Waals surface area contributed by atoms with Gasteiger partial charge in [0.1, 0.15) is 23.9 Å². The second kappa shape index (κ2) is 9.51. The number of rotatable bonds is 6. The van der Waals surface area contributed by atoms with Gasteiger partial charge in [0.15, 0.2) is 0 Å². The fraction of sp³-hybridized carbons (Fsp3) is 0.348. The van der Waals surface area contributed by atoms with Crippen molar-refractivity contribution in [1.29, 1.82) is 0 Å². The number of carbonyl (C=O) groups is 1. The standard InChI is InChI=1S/C23H25BrN4O3/c1-16-21(17(2)31-26-16)15-30-20-6-3-18(4-7-20)13-23(29)28-11-9-27(10-12-28)22-8-5-19(24)14-25-22/h3-8,14H,9-13,15H2,1-2H3. The molecule has 1 aliphatic heterocycles. The summed E-state index contributed by atoms with van der Waals surface area (Å²) >= 11 is 3.41. The first-order valence-electron chi connectivity index (χ1n) is 10.3. The van der Waals surface area contributed by atoms with Gasteiger partial charge < -0.3 is 19.1 Å². The van der Waals surface area contributed by atoms with Gasteiger partial charge in [0.2, 0.25) is 5.91 Å². The average molecular weight is 485 g/mol. The fourth-order valence-electron chi connectivity index (χ4n) is 3.59. The molecule has 162 valence electrons. The van der Waals surface area contributed by atoms with Crippen LogP contribution in [0.4, 0.5) is 5.82 Å². The number of halogens is 1. The summed E-state index contributed by atoms with van der Waals surface area (Å²) in [5, 5.41) is 3.94. The molecule has 3 aromatic rings. The molecule has 1 aliphatic rings. The van der Waals surface area contributed by atoms with Crippen molar-refractivity contribution >= 4 is 27.7 Å². The van der Waals surface area contributed by atoms with Crippen LogP contribution in [0, 0.1) is 13.8 Å². The molecule has 3 heterocycles. The summed E-state index contributed by atoms with van der Waals surface area (Å²) in [5.41, 5.74) is 2.79. The van der Waals surface area contributed by atoms with Crippen molar-refractivity contribution in [3.05, 3.63) is 69.6 Å². The van der Waals surface area contributed by atoms with Crippen LogP contribution in [0.1, 0.15) is 22.6 Å². The van der Waals surface area contributed by atoms with Crippen molar-refractivity contribution in [1.82, 2.24) is 15.0 Å². The van der Waals surface area contributed by atoms with E-state index in [1.807, 2.05) is 55.1 Å². The Morgan fingerprint density at radius 2 is 1.84 bits per heavy atom. The Hall–Kier alpha value is -2.87. The van der Waals surface area contributed by atoms with E-state index in [1.54, 1.807) is 6.20 Å². The van der Waals surface area contributed by atoms with Crippen LogP contribution >= 0.6 is 15.9 Å². The molecule has 4 rings (SSSR count). The van der Waals surface area contributed by atoms with Crippen LogP contribution in [0.3, 0.4) is 0 Å². The number of carbonyl (C=O) groups excluding carboxylic acids is 1. The molecule has 0 unspecified atom stereocenters. The van der Waals surface area contributed by atoms with E-state index in [2.05, 4.69) is 31.0 Å². The second-order valence-corrected chi connectivity index (χ2v) is 8.53. The normalized spacial score (nSPS) is 14.0. The highest BCUT2D eigenvalue weighted by Gasteiger charge is 2.22. The van der Waals surface area contributed by atoms with E-state index < -0.39 is 0 Å². The molecular formula is C23H25BrN4O3. The largest absolute Gasteiger partial charge is 0.489 e. The van der Waals surface area contributed by atoms with E-state index in [0.29, 0.717) is 26.1 Å². The van der Waals surface area contributed by atoms with Gasteiger partial charge in [-0.1, -0.05) is 17.3 Å². The first kappa shape index (κ1) is 21.4. The maximum Gasteiger partial charge on any atom is 0.227 e. The zero-order chi connectivity index (χ0) is 21.8. The minimum absolute atomic E-state index is 0.146. The number of hydrogen-bond donors (Lipinski definition) is 0. The smallest absolute Gasteiger partial charge is 0.227 e. The molecule has 0 saturated carbocycles. The highest BCUT2D eigenvalue weighted by atomic mass is 79.9. The summed E-state index contributed by atoms with van der Waals surface area (Å²) in [6.07, 6.45) is 2.19. The zero-order valence-electron chi connectivity index (χ0n) is 17.7. The second-order valence-electron chi connectivity index (χ2n) is 7.61. The quantitative estimate of drug-likeness (QED) is 0.527. The van der Waals surface area contributed by atoms with Crippen LogP contribution in [0.5, 0.6) is 5.75 Å². The summed E-state index contributed by atoms with van der Waals surface area (Å²) in [6.45, 7) is 7.17. The first-order valence-corrected chi connectivity index (χ1v) is 11.1. The summed E-state index contributed by atoms with van der Waals surface area (Å²) in [6, 6.07) is 11.7. The minimum atomic E-state index is 0.146. The number of benzene rings is 1. The Morgan fingerprint density at radius 3 is 2.45 bits per heavy atom. The SMILES string of the molecule is Cc1noc(C)c1COc1ccc(CC(=O)N2CCN(c3ccc(Br)cn3)CC2)cc1. The van der Waals surface area contributed by atoms with Gasteiger partial charge in [-0.2, -0.15) is 0 Å². The molecule has 2 aromatic heterocycles. The molecule has 31 heavy (non-hydrogen) atoms. The van der Waals surface area contributed by atoms with E-state index in [-0.39, 0.29) is 5.91 Å². The minimum Gasteiger partial charge on any atom is -0.489 e. The van der Waals surface area contributed by atoms with Crippen LogP contribution in [-0.2, 0) is 17.8 Å². The topological polar surface area (TPSA) is 71.7 Å². The number of hydrogen-bond acceptors (Lipinski definition) is 6. The lowest BCUT2D eigenvalue weighted by Crippen LogP contribution is -2.49. The van der Waals surface area contributed by atoms with Crippen molar-refractivity contribution in [2.45, 2.75) is 26.9 Å². The Balaban J connectivity index is 1.26. The third-order valence-electron chi connectivity index (χ3n) is 5.51. The van der Waals surface area contributed by atoms with Crippen molar-refractivity contribution < 1.29 is 14.1 Å². The first-order chi connectivity index (χ1) is 15.0. The number of nitrogens with zero attached hydrogens (tertiary/aromatic N) is 4. The lowest BCUT2D eigenvalue weighted by Gasteiger charge is -2.35. The van der Waals surface area contributed by atoms with Gasteiger partial charge >= 0.3 is 0 Å². The maximum atomic E-state index is 12.7. The predicted molar refractivity (Wildman–Crippen MR) is 121 cm³/mol. The van der Waals surface area contributed by atoms with E-state index in [0.717, 1.165) is 51.7 Å². The number of aromatic nitrogens is 2. The van der Waals surface area contributed by atoms with Gasteiger partial charge in [-0.15, -0.1) is 0 Å². The Kier molecular flexibility index (Phi) is 6.56. The molecule has 1 aromatic carbocycles. The maximum absolute atomic E-state index is 12.7. The van der Waals surface area contributed by atoms with Gasteiger partial charge in [-0.3, -0.25) is 4.79 Å². The number of piperazine rings is 1. The van der Waals surface area contributed by atoms with Gasteiger partial charge in [0.25, 0.3) is 0 Å². The molecule has 0 spiro atoms. The predicted octanol–water partition coefficient (Wildman–Crippen LogP) is 3.92. The summed E-state index contributed by atoms with van der Waals surface area (Å²) < 4.78 is 12.0. The highest BCUT2D eigenvalue weighted by Crippen LogP contribution is 2.19. The average Bonchev–Trinajstić information content (AvgIpc) is 3.11. The highest BCUT2D eigenvalue weighted by molar-refractivity contribution is 9.10. The Bertz CT molecular complexity index is 1010. The molecular weight excluding hydrogens is 460 g/mol. The molecule has 0 bridgehead atoms. The molecule has 1 amide bonds. The number of ether oxygens (including phenoxy) is 1. The fourth-order valence-corrected chi connectivity index (χ4v) is 3.83. The van der Waals surface area contributed by atoms with Crippen LogP contribution in [0.2, 0.25) is 0 Å². The van der Waals surface area contributed by atoms with Crippen molar-refractivity contribution in [2.24, 2.45) is 0 Å². The molecule has 0 atom stereocenters. The van der Waals surface area contributed by atoms with E-state index in [9.17, 15) is 4.79 Å². The van der Waals surface area contributed by atoms with Crippen molar-refractivity contribution in [2.75, 3.05) is 31.1 Å². The van der Waals surface area contributed by atoms with E-state index in [1.165, 1.54) is 0 Å². The molecule has 1 fully saturated rings. The van der Waals surface area contributed by atoms with Crippen molar-refractivity contribution in [3.8, 4) is 5.75 Å². The summed E-state index contributed by atoms with van der Waals surface area (Å²) in [4.78, 5) is 21.3. The monoisotopic (exact) mass is 484 g/mol. The Morgan fingerprint density at radius 1 is 1.10 bits per heavy atom. The summed E-state index contributed by atoms with van der Waals surface area (Å²) in [7, 11) is 0. The van der Waals surface area contributed by atoms with E-state index in [4.69, 9.17) is 9.26 Å². The van der Waals surface area contributed by atoms with Gasteiger partial charge in [0.05, 0.1) is 17.7 Å². The van der Waals surface area contributed by atoms with Crippen molar-refractivity contribution in [3.63, 3.8) is 0 Å². The van der Waals surface area contributed by atoms with Gasteiger partial charge in [0, 0.05) is 36.8 Å². The number of pyridine rings is 1. The Labute approximate surface area is 190 Å². The third-order valence-corrected chi connectivity index (χ3v) is 5.98. The lowest BCUT2D eigenvalue weighted by molar-refractivity contribution is -0.130. The van der Waals surface area contributed by atoms with E-state index >= 15 is 0 Å². The van der Waals surface area contributed by atoms with Crippen LogP contribution < -0.4 is 9.64 Å². The molecule has 7 nitrogen and oxygen atoms in total. The van der Waals surface area contributed by atoms with Crippen LogP contribution in [-0.4, -0.2) is 47.1 Å². The third kappa shape index (κ3) is 5.25. The van der Waals surface area contributed by atoms with Crippen LogP contribution in [0.25, 0.3) is 0 Å². The number of amides is 1. The molecule has 8 heteroatoms. The van der Waals surface area contributed by atoms with Crippen LogP contribution in [0.15, 0.2) is 51.6 Å². The van der Waals surface area contributed by atoms with Gasteiger partial charge in [-0.25, -0.2) is 4.98 Å². The van der Waals surface area contributed by atoms with Gasteiger partial charge in [-0.05, 0) is 59.6 Å². The molecule has 0 aliphatic carbocycles. The molecule has 0 radical (unpaired) electrons. The number of anilines is 1. The molecule has 1 saturated heterocycles. The zero-order valence-corrected chi connectivity index (χ0v) is 19.3. The summed E-state index contributed by atoms with van der Waals surface area (Å²) in [5.74, 6) is 2.62.